The van der Waals surface area contributed by atoms with Gasteiger partial charge in [-0.3, -0.25) is 5.32 Å². The van der Waals surface area contributed by atoms with Crippen LogP contribution in [0.15, 0.2) is 24.3 Å². The van der Waals surface area contributed by atoms with E-state index in [1.54, 1.807) is 0 Å². The maximum absolute atomic E-state index is 12.7. The molecule has 4 heteroatoms. The van der Waals surface area contributed by atoms with Crippen LogP contribution in [0, 0.1) is 0 Å². The van der Waals surface area contributed by atoms with Gasteiger partial charge in [-0.05, 0) is 36.8 Å². The minimum atomic E-state index is -4.14. The van der Waals surface area contributed by atoms with E-state index in [9.17, 15) is 13.2 Å². The molecule has 2 unspecified atom stereocenters. The summed E-state index contributed by atoms with van der Waals surface area (Å²) in [6.07, 6.45) is -1.60. The number of alkyl halides is 3. The van der Waals surface area contributed by atoms with Gasteiger partial charge in [0.25, 0.3) is 0 Å². The van der Waals surface area contributed by atoms with Crippen LogP contribution in [0.2, 0.25) is 0 Å². The standard InChI is InChI=1S/C14H18F3N/c1-2-10-6-8-11(9-7-10)12-4-3-5-13(18-12)14(15,16)17/h6-9,12-13,18H,2-5H2,1H3. The molecule has 18 heavy (non-hydrogen) atoms. The van der Waals surface area contributed by atoms with Crippen molar-refractivity contribution in [3.63, 3.8) is 0 Å². The molecule has 100 valence electrons. The predicted octanol–water partition coefficient (Wildman–Crippen LogP) is 3.99. The van der Waals surface area contributed by atoms with E-state index < -0.39 is 12.2 Å². The number of nitrogens with one attached hydrogen (secondary N) is 1. The van der Waals surface area contributed by atoms with Crippen LogP contribution in [-0.2, 0) is 6.42 Å². The monoisotopic (exact) mass is 257 g/mol. The highest BCUT2D eigenvalue weighted by atomic mass is 19.4. The number of hydrogen-bond donors (Lipinski definition) is 1. The van der Waals surface area contributed by atoms with Crippen LogP contribution in [-0.4, -0.2) is 12.2 Å². The first-order chi connectivity index (χ1) is 8.50. The van der Waals surface area contributed by atoms with Crippen LogP contribution in [0.25, 0.3) is 0 Å². The van der Waals surface area contributed by atoms with Crippen molar-refractivity contribution in [3.05, 3.63) is 35.4 Å². The molecule has 1 aliphatic heterocycles. The second-order valence-electron chi connectivity index (χ2n) is 4.84. The number of aryl methyl sites for hydroxylation is 1. The van der Waals surface area contributed by atoms with Gasteiger partial charge in [-0.1, -0.05) is 31.2 Å². The van der Waals surface area contributed by atoms with E-state index in [-0.39, 0.29) is 12.5 Å². The van der Waals surface area contributed by atoms with Crippen LogP contribution < -0.4 is 5.32 Å². The van der Waals surface area contributed by atoms with Gasteiger partial charge in [0.15, 0.2) is 0 Å². The highest BCUT2D eigenvalue weighted by Crippen LogP contribution is 2.33. The molecule has 0 spiro atoms. The molecule has 1 aliphatic rings. The topological polar surface area (TPSA) is 12.0 Å². The normalized spacial score (nSPS) is 25.1. The molecule has 1 saturated heterocycles. The van der Waals surface area contributed by atoms with Gasteiger partial charge in [-0.25, -0.2) is 0 Å². The summed E-state index contributed by atoms with van der Waals surface area (Å²) >= 11 is 0. The molecule has 1 N–H and O–H groups in total. The molecule has 0 amide bonds. The molecular weight excluding hydrogens is 239 g/mol. The number of rotatable bonds is 2. The van der Waals surface area contributed by atoms with E-state index in [0.29, 0.717) is 6.42 Å². The Morgan fingerprint density at radius 3 is 2.39 bits per heavy atom. The third kappa shape index (κ3) is 3.05. The number of hydrogen-bond acceptors (Lipinski definition) is 1. The van der Waals surface area contributed by atoms with Crippen molar-refractivity contribution in [1.82, 2.24) is 5.32 Å². The Morgan fingerprint density at radius 1 is 1.17 bits per heavy atom. The predicted molar refractivity (Wildman–Crippen MR) is 65.4 cm³/mol. The Balaban J connectivity index is 2.08. The second-order valence-corrected chi connectivity index (χ2v) is 4.84. The molecule has 2 rings (SSSR count). The average molecular weight is 257 g/mol. The fraction of sp³-hybridized carbons (Fsp3) is 0.571. The van der Waals surface area contributed by atoms with Gasteiger partial charge >= 0.3 is 6.18 Å². The fourth-order valence-corrected chi connectivity index (χ4v) is 2.44. The molecule has 1 aromatic rings. The van der Waals surface area contributed by atoms with E-state index in [4.69, 9.17) is 0 Å². The molecular formula is C14H18F3N. The fourth-order valence-electron chi connectivity index (χ4n) is 2.44. The van der Waals surface area contributed by atoms with Crippen molar-refractivity contribution in [2.45, 2.75) is 50.9 Å². The van der Waals surface area contributed by atoms with Crippen LogP contribution in [0.1, 0.15) is 43.4 Å². The molecule has 2 atom stereocenters. The smallest absolute Gasteiger partial charge is 0.299 e. The molecule has 0 aromatic heterocycles. The Hall–Kier alpha value is -1.03. The summed E-state index contributed by atoms with van der Waals surface area (Å²) < 4.78 is 38.1. The van der Waals surface area contributed by atoms with Gasteiger partial charge in [0, 0.05) is 6.04 Å². The van der Waals surface area contributed by atoms with Crippen LogP contribution in [0.3, 0.4) is 0 Å². The minimum absolute atomic E-state index is 0.170. The highest BCUT2D eigenvalue weighted by molar-refractivity contribution is 5.25. The summed E-state index contributed by atoms with van der Waals surface area (Å²) in [5.41, 5.74) is 2.17. The zero-order valence-corrected chi connectivity index (χ0v) is 10.4. The van der Waals surface area contributed by atoms with Crippen LogP contribution in [0.4, 0.5) is 13.2 Å². The van der Waals surface area contributed by atoms with Crippen molar-refractivity contribution >= 4 is 0 Å². The lowest BCUT2D eigenvalue weighted by molar-refractivity contribution is -0.163. The Labute approximate surface area is 105 Å². The SMILES string of the molecule is CCc1ccc(C2CCCC(C(F)(F)F)N2)cc1. The van der Waals surface area contributed by atoms with E-state index in [1.165, 1.54) is 5.56 Å². The van der Waals surface area contributed by atoms with Gasteiger partial charge in [-0.2, -0.15) is 13.2 Å². The quantitative estimate of drug-likeness (QED) is 0.844. The third-order valence-electron chi connectivity index (χ3n) is 3.57. The molecule has 0 aliphatic carbocycles. The zero-order valence-electron chi connectivity index (χ0n) is 10.4. The number of benzene rings is 1. The van der Waals surface area contributed by atoms with Crippen LogP contribution >= 0.6 is 0 Å². The first-order valence-corrected chi connectivity index (χ1v) is 6.42. The Bertz CT molecular complexity index is 383. The first-order valence-electron chi connectivity index (χ1n) is 6.42. The Morgan fingerprint density at radius 2 is 1.83 bits per heavy atom. The number of piperidine rings is 1. The van der Waals surface area contributed by atoms with Gasteiger partial charge in [-0.15, -0.1) is 0 Å². The van der Waals surface area contributed by atoms with Crippen molar-refractivity contribution in [3.8, 4) is 0 Å². The first kappa shape index (κ1) is 13.4. The Kier molecular flexibility index (Phi) is 3.95. The zero-order chi connectivity index (χ0) is 13.2. The van der Waals surface area contributed by atoms with Crippen molar-refractivity contribution < 1.29 is 13.2 Å². The van der Waals surface area contributed by atoms with E-state index in [0.717, 1.165) is 18.4 Å². The summed E-state index contributed by atoms with van der Waals surface area (Å²) in [5.74, 6) is 0. The molecule has 1 aromatic carbocycles. The van der Waals surface area contributed by atoms with E-state index in [2.05, 4.69) is 12.2 Å². The lowest BCUT2D eigenvalue weighted by atomic mass is 9.92. The molecule has 0 bridgehead atoms. The summed E-state index contributed by atoms with van der Waals surface area (Å²) in [6.45, 7) is 2.06. The maximum atomic E-state index is 12.7. The van der Waals surface area contributed by atoms with Gasteiger partial charge in [0.05, 0.1) is 0 Å². The molecule has 1 fully saturated rings. The third-order valence-corrected chi connectivity index (χ3v) is 3.57. The average Bonchev–Trinajstić information content (AvgIpc) is 2.38. The van der Waals surface area contributed by atoms with Gasteiger partial charge in [0.1, 0.15) is 6.04 Å². The molecule has 0 saturated carbocycles. The van der Waals surface area contributed by atoms with E-state index in [1.807, 2.05) is 24.3 Å². The minimum Gasteiger partial charge on any atom is -0.299 e. The summed E-state index contributed by atoms with van der Waals surface area (Å²) in [6, 6.07) is 6.34. The van der Waals surface area contributed by atoms with Crippen molar-refractivity contribution in [1.29, 1.82) is 0 Å². The summed E-state index contributed by atoms with van der Waals surface area (Å²) in [5, 5.41) is 2.72. The lowest BCUT2D eigenvalue weighted by Gasteiger charge is -2.32. The largest absolute Gasteiger partial charge is 0.403 e. The van der Waals surface area contributed by atoms with E-state index >= 15 is 0 Å². The van der Waals surface area contributed by atoms with Crippen molar-refractivity contribution in [2.75, 3.05) is 0 Å². The second kappa shape index (κ2) is 5.31. The summed E-state index contributed by atoms with van der Waals surface area (Å²) in [7, 11) is 0. The molecule has 1 heterocycles. The summed E-state index contributed by atoms with van der Waals surface area (Å²) in [4.78, 5) is 0. The lowest BCUT2D eigenvalue weighted by Crippen LogP contribution is -2.46. The molecule has 1 nitrogen and oxygen atoms in total. The van der Waals surface area contributed by atoms with Gasteiger partial charge in [0.2, 0.25) is 0 Å². The van der Waals surface area contributed by atoms with Gasteiger partial charge < -0.3 is 0 Å². The van der Waals surface area contributed by atoms with Crippen molar-refractivity contribution in [2.24, 2.45) is 0 Å². The highest BCUT2D eigenvalue weighted by Gasteiger charge is 2.42. The maximum Gasteiger partial charge on any atom is 0.403 e. The number of halogens is 3. The van der Waals surface area contributed by atoms with Crippen LogP contribution in [0.5, 0.6) is 0 Å². The molecule has 0 radical (unpaired) electrons.